The third-order valence-corrected chi connectivity index (χ3v) is 2.73. The van der Waals surface area contributed by atoms with Gasteiger partial charge in [0.25, 0.3) is 0 Å². The molecule has 0 spiro atoms. The Hall–Kier alpha value is -2.82. The predicted octanol–water partition coefficient (Wildman–Crippen LogP) is 3.27. The molecule has 2 N–H and O–H groups in total. The summed E-state index contributed by atoms with van der Waals surface area (Å²) in [5, 5.41) is 13.0. The van der Waals surface area contributed by atoms with Crippen LogP contribution < -0.4 is 5.32 Å². The second-order valence-corrected chi connectivity index (χ2v) is 3.97. The number of benzene rings is 1. The van der Waals surface area contributed by atoms with Gasteiger partial charge in [0.1, 0.15) is 5.69 Å². The Balaban J connectivity index is 2.15. The van der Waals surface area contributed by atoms with Crippen molar-refractivity contribution in [3.63, 3.8) is 0 Å². The van der Waals surface area contributed by atoms with Crippen LogP contribution in [0.15, 0.2) is 53.2 Å². The molecule has 0 saturated heterocycles. The molecule has 0 atom stereocenters. The first-order chi connectivity index (χ1) is 9.25. The zero-order chi connectivity index (χ0) is 13.2. The number of carbonyl (C=O) groups is 1. The maximum atomic E-state index is 11.2. The Morgan fingerprint density at radius 2 is 2.00 bits per heavy atom. The summed E-state index contributed by atoms with van der Waals surface area (Å²) in [6.07, 6.45) is 3.09. The van der Waals surface area contributed by atoms with Gasteiger partial charge in [0.15, 0.2) is 5.58 Å². The zero-order valence-electron chi connectivity index (χ0n) is 9.83. The molecule has 0 aliphatic rings. The molecule has 0 amide bonds. The van der Waals surface area contributed by atoms with Crippen molar-refractivity contribution in [1.82, 2.24) is 4.98 Å². The number of para-hydroxylation sites is 1. The van der Waals surface area contributed by atoms with Crippen molar-refractivity contribution in [1.29, 1.82) is 0 Å². The molecule has 2 aromatic heterocycles. The minimum Gasteiger partial charge on any atom is -0.475 e. The Morgan fingerprint density at radius 1 is 1.21 bits per heavy atom. The number of hydrogen-bond acceptors (Lipinski definition) is 4. The number of nitrogens with one attached hydrogen (secondary N) is 1. The summed E-state index contributed by atoms with van der Waals surface area (Å²) in [6, 6.07) is 11.0. The molecular weight excluding hydrogens is 244 g/mol. The van der Waals surface area contributed by atoms with Gasteiger partial charge in [0.05, 0.1) is 6.20 Å². The van der Waals surface area contributed by atoms with Crippen LogP contribution in [0.2, 0.25) is 0 Å². The number of anilines is 2. The number of aromatic nitrogens is 1. The van der Waals surface area contributed by atoms with Crippen molar-refractivity contribution >= 4 is 28.3 Å². The second-order valence-electron chi connectivity index (χ2n) is 3.97. The van der Waals surface area contributed by atoms with E-state index in [-0.39, 0.29) is 5.76 Å². The minimum atomic E-state index is -1.12. The summed E-state index contributed by atoms with van der Waals surface area (Å²) in [7, 11) is 0. The topological polar surface area (TPSA) is 75.4 Å². The monoisotopic (exact) mass is 254 g/mol. The summed E-state index contributed by atoms with van der Waals surface area (Å²) in [6.45, 7) is 0. The van der Waals surface area contributed by atoms with Crippen LogP contribution in [-0.2, 0) is 0 Å². The Bertz CT molecular complexity index is 735. The van der Waals surface area contributed by atoms with E-state index in [9.17, 15) is 9.90 Å². The molecule has 5 nitrogen and oxygen atoms in total. The highest BCUT2D eigenvalue weighted by Gasteiger charge is 2.19. The van der Waals surface area contributed by atoms with E-state index in [4.69, 9.17) is 4.42 Å². The quantitative estimate of drug-likeness (QED) is 0.750. The second kappa shape index (κ2) is 4.45. The average Bonchev–Trinajstić information content (AvgIpc) is 2.79. The molecule has 0 unspecified atom stereocenters. The molecule has 94 valence electrons. The molecule has 3 aromatic rings. The fourth-order valence-electron chi connectivity index (χ4n) is 1.89. The molecule has 0 aliphatic heterocycles. The number of aromatic carboxylic acids is 1. The van der Waals surface area contributed by atoms with E-state index in [1.807, 2.05) is 30.3 Å². The molecule has 0 fully saturated rings. The highest BCUT2D eigenvalue weighted by atomic mass is 16.4. The van der Waals surface area contributed by atoms with Gasteiger partial charge < -0.3 is 14.8 Å². The fraction of sp³-hybridized carbons (Fsp3) is 0. The fourth-order valence-corrected chi connectivity index (χ4v) is 1.89. The summed E-state index contributed by atoms with van der Waals surface area (Å²) in [5.41, 5.74) is 1.68. The van der Waals surface area contributed by atoms with Gasteiger partial charge in [0, 0.05) is 17.3 Å². The number of rotatable bonds is 3. The molecule has 0 aliphatic carbocycles. The molecule has 2 heterocycles. The maximum absolute atomic E-state index is 11.2. The van der Waals surface area contributed by atoms with Gasteiger partial charge in [0.2, 0.25) is 5.76 Å². The summed E-state index contributed by atoms with van der Waals surface area (Å²) in [5.74, 6) is -1.23. The van der Waals surface area contributed by atoms with Crippen molar-refractivity contribution in [2.24, 2.45) is 0 Å². The van der Waals surface area contributed by atoms with E-state index in [1.54, 1.807) is 12.3 Å². The van der Waals surface area contributed by atoms with Gasteiger partial charge in [-0.3, -0.25) is 4.98 Å². The summed E-state index contributed by atoms with van der Waals surface area (Å²) >= 11 is 0. The van der Waals surface area contributed by atoms with Crippen LogP contribution in [0.1, 0.15) is 10.6 Å². The Kier molecular flexibility index (Phi) is 2.64. The summed E-state index contributed by atoms with van der Waals surface area (Å²) in [4.78, 5) is 15.1. The van der Waals surface area contributed by atoms with Crippen LogP contribution in [-0.4, -0.2) is 16.1 Å². The van der Waals surface area contributed by atoms with Crippen LogP contribution in [0.3, 0.4) is 0 Å². The number of fused-ring (bicyclic) bond motifs is 1. The molecule has 0 radical (unpaired) electrons. The third kappa shape index (κ3) is 2.01. The lowest BCUT2D eigenvalue weighted by atomic mass is 10.2. The van der Waals surface area contributed by atoms with Crippen LogP contribution in [0, 0.1) is 0 Å². The number of furan rings is 1. The third-order valence-electron chi connectivity index (χ3n) is 2.73. The van der Waals surface area contributed by atoms with Crippen molar-refractivity contribution in [2.45, 2.75) is 0 Å². The van der Waals surface area contributed by atoms with Gasteiger partial charge in [-0.2, -0.15) is 0 Å². The first-order valence-electron chi connectivity index (χ1n) is 5.67. The Morgan fingerprint density at radius 3 is 2.74 bits per heavy atom. The highest BCUT2D eigenvalue weighted by molar-refractivity contribution is 6.04. The number of carboxylic acids is 1. The lowest BCUT2D eigenvalue weighted by Gasteiger charge is -2.04. The van der Waals surface area contributed by atoms with E-state index >= 15 is 0 Å². The molecule has 19 heavy (non-hydrogen) atoms. The van der Waals surface area contributed by atoms with Crippen LogP contribution >= 0.6 is 0 Å². The largest absolute Gasteiger partial charge is 0.475 e. The van der Waals surface area contributed by atoms with Crippen LogP contribution in [0.5, 0.6) is 0 Å². The van der Waals surface area contributed by atoms with Crippen molar-refractivity contribution in [3.8, 4) is 0 Å². The average molecular weight is 254 g/mol. The van der Waals surface area contributed by atoms with E-state index in [2.05, 4.69) is 10.3 Å². The van der Waals surface area contributed by atoms with Gasteiger partial charge in [-0.1, -0.05) is 18.2 Å². The van der Waals surface area contributed by atoms with E-state index in [0.717, 1.165) is 5.69 Å². The first-order valence-corrected chi connectivity index (χ1v) is 5.67. The molecule has 5 heteroatoms. The SMILES string of the molecule is O=C(O)c1oc2cnccc2c1Nc1ccccc1. The number of hydrogen-bond donors (Lipinski definition) is 2. The highest BCUT2D eigenvalue weighted by Crippen LogP contribution is 2.32. The lowest BCUT2D eigenvalue weighted by molar-refractivity contribution is 0.0666. The number of nitrogens with zero attached hydrogens (tertiary/aromatic N) is 1. The van der Waals surface area contributed by atoms with Crippen LogP contribution in [0.4, 0.5) is 11.4 Å². The van der Waals surface area contributed by atoms with Gasteiger partial charge >= 0.3 is 5.97 Å². The zero-order valence-corrected chi connectivity index (χ0v) is 9.83. The summed E-state index contributed by atoms with van der Waals surface area (Å²) < 4.78 is 5.31. The molecule has 0 saturated carbocycles. The van der Waals surface area contributed by atoms with Crippen molar-refractivity contribution < 1.29 is 14.3 Å². The van der Waals surface area contributed by atoms with E-state index < -0.39 is 5.97 Å². The standard InChI is InChI=1S/C14H10N2O3/c17-14(18)13-12(16-9-4-2-1-3-5-9)10-6-7-15-8-11(10)19-13/h1-8,16H,(H,17,18). The van der Waals surface area contributed by atoms with Crippen molar-refractivity contribution in [3.05, 3.63) is 54.6 Å². The first kappa shape index (κ1) is 11.3. The minimum absolute atomic E-state index is 0.119. The predicted molar refractivity (Wildman–Crippen MR) is 70.7 cm³/mol. The van der Waals surface area contributed by atoms with E-state index in [1.165, 1.54) is 6.20 Å². The normalized spacial score (nSPS) is 10.5. The van der Waals surface area contributed by atoms with Gasteiger partial charge in [-0.15, -0.1) is 0 Å². The molecule has 1 aromatic carbocycles. The van der Waals surface area contributed by atoms with Crippen LogP contribution in [0.25, 0.3) is 11.0 Å². The number of pyridine rings is 1. The molecule has 0 bridgehead atoms. The van der Waals surface area contributed by atoms with Gasteiger partial charge in [-0.05, 0) is 18.2 Å². The number of carboxylic acid groups (broad SMARTS) is 1. The van der Waals surface area contributed by atoms with Gasteiger partial charge in [-0.25, -0.2) is 4.79 Å². The molecular formula is C14H10N2O3. The van der Waals surface area contributed by atoms with Crippen molar-refractivity contribution in [2.75, 3.05) is 5.32 Å². The smallest absolute Gasteiger partial charge is 0.374 e. The Labute approximate surface area is 108 Å². The van der Waals surface area contributed by atoms with E-state index in [0.29, 0.717) is 16.7 Å². The lowest BCUT2D eigenvalue weighted by Crippen LogP contribution is -1.99. The maximum Gasteiger partial charge on any atom is 0.374 e. The molecule has 3 rings (SSSR count).